The first kappa shape index (κ1) is 11.3. The van der Waals surface area contributed by atoms with E-state index in [0.29, 0.717) is 0 Å². The number of aromatic nitrogens is 1. The van der Waals surface area contributed by atoms with Crippen LogP contribution in [0, 0.1) is 3.57 Å². The van der Waals surface area contributed by atoms with Gasteiger partial charge in [-0.25, -0.2) is 0 Å². The average molecular weight is 325 g/mol. The van der Waals surface area contributed by atoms with Gasteiger partial charge in [-0.2, -0.15) is 0 Å². The van der Waals surface area contributed by atoms with Crippen LogP contribution in [0.2, 0.25) is 0 Å². The summed E-state index contributed by atoms with van der Waals surface area (Å²) < 4.78 is 3.21. The van der Waals surface area contributed by atoms with Crippen molar-refractivity contribution in [3.8, 4) is 0 Å². The molecule has 2 nitrogen and oxygen atoms in total. The molecule has 0 radical (unpaired) electrons. The molecule has 0 aliphatic carbocycles. The summed E-state index contributed by atoms with van der Waals surface area (Å²) in [6, 6.07) is 12.0. The summed E-state index contributed by atoms with van der Waals surface area (Å²) in [5.41, 5.74) is 2.00. The SMILES string of the molecule is C=C(O)c1cccn1Cc1ccccc1I. The Balaban J connectivity index is 2.31. The van der Waals surface area contributed by atoms with Crippen LogP contribution in [0.5, 0.6) is 0 Å². The van der Waals surface area contributed by atoms with E-state index >= 15 is 0 Å². The second-order valence-corrected chi connectivity index (χ2v) is 4.72. The van der Waals surface area contributed by atoms with E-state index in [2.05, 4.69) is 41.3 Å². The Kier molecular flexibility index (Phi) is 3.33. The largest absolute Gasteiger partial charge is 0.506 e. The van der Waals surface area contributed by atoms with Gasteiger partial charge in [0.05, 0.1) is 5.69 Å². The van der Waals surface area contributed by atoms with Crippen molar-refractivity contribution >= 4 is 28.4 Å². The normalized spacial score (nSPS) is 10.3. The molecule has 2 rings (SSSR count). The predicted molar refractivity (Wildman–Crippen MR) is 74.4 cm³/mol. The van der Waals surface area contributed by atoms with Crippen molar-refractivity contribution in [2.45, 2.75) is 6.54 Å². The van der Waals surface area contributed by atoms with Crippen LogP contribution in [-0.4, -0.2) is 9.67 Å². The van der Waals surface area contributed by atoms with Gasteiger partial charge in [0.1, 0.15) is 5.76 Å². The lowest BCUT2D eigenvalue weighted by atomic mass is 10.2. The Morgan fingerprint density at radius 3 is 2.69 bits per heavy atom. The standard InChI is InChI=1S/C13H12INO/c1-10(16)13-7-4-8-15(13)9-11-5-2-3-6-12(11)14/h2-8,16H,1,9H2. The smallest absolute Gasteiger partial charge is 0.132 e. The monoisotopic (exact) mass is 325 g/mol. The van der Waals surface area contributed by atoms with Gasteiger partial charge in [-0.05, 0) is 46.4 Å². The molecule has 1 aromatic carbocycles. The molecule has 0 aliphatic rings. The predicted octanol–water partition coefficient (Wildman–Crippen LogP) is 3.67. The molecule has 0 atom stereocenters. The van der Waals surface area contributed by atoms with Crippen molar-refractivity contribution in [3.05, 3.63) is 64.0 Å². The van der Waals surface area contributed by atoms with Crippen LogP contribution in [0.25, 0.3) is 5.76 Å². The van der Waals surface area contributed by atoms with Crippen molar-refractivity contribution in [2.24, 2.45) is 0 Å². The van der Waals surface area contributed by atoms with Crippen LogP contribution >= 0.6 is 22.6 Å². The summed E-state index contributed by atoms with van der Waals surface area (Å²) in [5.74, 6) is 0.107. The number of nitrogens with zero attached hydrogens (tertiary/aromatic N) is 1. The van der Waals surface area contributed by atoms with Gasteiger partial charge in [-0.1, -0.05) is 24.8 Å². The van der Waals surface area contributed by atoms with Gasteiger partial charge in [-0.15, -0.1) is 0 Å². The molecule has 16 heavy (non-hydrogen) atoms. The zero-order valence-electron chi connectivity index (χ0n) is 8.73. The molecule has 2 aromatic rings. The zero-order valence-corrected chi connectivity index (χ0v) is 10.9. The summed E-state index contributed by atoms with van der Waals surface area (Å²) >= 11 is 2.32. The number of halogens is 1. The van der Waals surface area contributed by atoms with E-state index in [1.807, 2.05) is 35.0 Å². The van der Waals surface area contributed by atoms with Crippen LogP contribution in [0.3, 0.4) is 0 Å². The average Bonchev–Trinajstić information content (AvgIpc) is 2.69. The lowest BCUT2D eigenvalue weighted by Gasteiger charge is -2.09. The Hall–Kier alpha value is -1.23. The molecule has 0 bridgehead atoms. The molecule has 1 aromatic heterocycles. The minimum atomic E-state index is 0.107. The third-order valence-corrected chi connectivity index (χ3v) is 3.48. The summed E-state index contributed by atoms with van der Waals surface area (Å²) in [5, 5.41) is 9.42. The fourth-order valence-corrected chi connectivity index (χ4v) is 2.18. The van der Waals surface area contributed by atoms with Crippen molar-refractivity contribution in [2.75, 3.05) is 0 Å². The molecule has 1 heterocycles. The number of rotatable bonds is 3. The number of aliphatic hydroxyl groups excluding tert-OH is 1. The molecule has 0 spiro atoms. The second kappa shape index (κ2) is 4.74. The molecule has 0 saturated carbocycles. The Bertz CT molecular complexity index is 516. The fraction of sp³-hybridized carbons (Fsp3) is 0.0769. The van der Waals surface area contributed by atoms with E-state index in [0.717, 1.165) is 12.2 Å². The number of hydrogen-bond acceptors (Lipinski definition) is 1. The highest BCUT2D eigenvalue weighted by Crippen LogP contribution is 2.16. The van der Waals surface area contributed by atoms with Crippen LogP contribution in [-0.2, 0) is 6.54 Å². The summed E-state index contributed by atoms with van der Waals surface area (Å²) in [4.78, 5) is 0. The molecular formula is C13H12INO. The van der Waals surface area contributed by atoms with Gasteiger partial charge in [-0.3, -0.25) is 0 Å². The van der Waals surface area contributed by atoms with E-state index in [1.54, 1.807) is 0 Å². The Labute approximate surface area is 108 Å². The van der Waals surface area contributed by atoms with Crippen molar-refractivity contribution in [3.63, 3.8) is 0 Å². The highest BCUT2D eigenvalue weighted by molar-refractivity contribution is 14.1. The molecule has 1 N–H and O–H groups in total. The molecule has 0 amide bonds. The van der Waals surface area contributed by atoms with Crippen molar-refractivity contribution in [1.29, 1.82) is 0 Å². The summed E-state index contributed by atoms with van der Waals surface area (Å²) in [7, 11) is 0. The van der Waals surface area contributed by atoms with Gasteiger partial charge < -0.3 is 9.67 Å². The van der Waals surface area contributed by atoms with Crippen LogP contribution in [0.4, 0.5) is 0 Å². The first-order chi connectivity index (χ1) is 7.68. The maximum atomic E-state index is 9.42. The van der Waals surface area contributed by atoms with Gasteiger partial charge >= 0.3 is 0 Å². The topological polar surface area (TPSA) is 25.2 Å². The number of aliphatic hydroxyl groups is 1. The van der Waals surface area contributed by atoms with Crippen LogP contribution in [0.1, 0.15) is 11.3 Å². The lowest BCUT2D eigenvalue weighted by molar-refractivity contribution is 0.504. The van der Waals surface area contributed by atoms with E-state index in [-0.39, 0.29) is 5.76 Å². The first-order valence-electron chi connectivity index (χ1n) is 4.95. The summed E-state index contributed by atoms with van der Waals surface area (Å²) in [6.45, 7) is 4.31. The molecule has 0 saturated heterocycles. The van der Waals surface area contributed by atoms with E-state index in [9.17, 15) is 5.11 Å². The lowest BCUT2D eigenvalue weighted by Crippen LogP contribution is -2.03. The highest BCUT2D eigenvalue weighted by Gasteiger charge is 2.05. The quantitative estimate of drug-likeness (QED) is 0.676. The maximum Gasteiger partial charge on any atom is 0.132 e. The number of benzene rings is 1. The van der Waals surface area contributed by atoms with E-state index in [4.69, 9.17) is 0 Å². The Morgan fingerprint density at radius 1 is 1.25 bits per heavy atom. The summed E-state index contributed by atoms with van der Waals surface area (Å²) in [6.07, 6.45) is 1.94. The Morgan fingerprint density at radius 2 is 2.00 bits per heavy atom. The minimum Gasteiger partial charge on any atom is -0.506 e. The minimum absolute atomic E-state index is 0.107. The molecule has 0 aliphatic heterocycles. The van der Waals surface area contributed by atoms with Gasteiger partial charge in [0.25, 0.3) is 0 Å². The maximum absolute atomic E-state index is 9.42. The van der Waals surface area contributed by atoms with Gasteiger partial charge in [0, 0.05) is 16.3 Å². The zero-order chi connectivity index (χ0) is 11.5. The second-order valence-electron chi connectivity index (χ2n) is 3.56. The van der Waals surface area contributed by atoms with Crippen molar-refractivity contribution < 1.29 is 5.11 Å². The highest BCUT2D eigenvalue weighted by atomic mass is 127. The number of hydrogen-bond donors (Lipinski definition) is 1. The van der Waals surface area contributed by atoms with E-state index in [1.165, 1.54) is 9.13 Å². The first-order valence-corrected chi connectivity index (χ1v) is 6.03. The van der Waals surface area contributed by atoms with Gasteiger partial charge in [0.2, 0.25) is 0 Å². The van der Waals surface area contributed by atoms with Crippen molar-refractivity contribution in [1.82, 2.24) is 4.57 Å². The fourth-order valence-electron chi connectivity index (χ4n) is 1.62. The van der Waals surface area contributed by atoms with Crippen LogP contribution in [0.15, 0.2) is 49.2 Å². The molecule has 82 valence electrons. The van der Waals surface area contributed by atoms with Gasteiger partial charge in [0.15, 0.2) is 0 Å². The third-order valence-electron chi connectivity index (χ3n) is 2.42. The molecular weight excluding hydrogens is 313 g/mol. The third kappa shape index (κ3) is 2.29. The molecule has 0 unspecified atom stereocenters. The van der Waals surface area contributed by atoms with Crippen LogP contribution < -0.4 is 0 Å². The van der Waals surface area contributed by atoms with E-state index < -0.39 is 0 Å². The molecule has 0 fully saturated rings. The molecule has 3 heteroatoms.